The van der Waals surface area contributed by atoms with Crippen LogP contribution in [0.5, 0.6) is 5.75 Å². The van der Waals surface area contributed by atoms with Gasteiger partial charge in [-0.15, -0.1) is 0 Å². The zero-order chi connectivity index (χ0) is 30.1. The van der Waals surface area contributed by atoms with Gasteiger partial charge in [-0.3, -0.25) is 9.20 Å². The van der Waals surface area contributed by atoms with E-state index in [1.807, 2.05) is 44.2 Å². The summed E-state index contributed by atoms with van der Waals surface area (Å²) >= 11 is 6.40. The second-order valence-corrected chi connectivity index (χ2v) is 11.9. The van der Waals surface area contributed by atoms with Crippen molar-refractivity contribution in [1.82, 2.24) is 19.7 Å². The molecule has 1 aliphatic rings. The molecule has 1 aliphatic heterocycles. The van der Waals surface area contributed by atoms with Crippen LogP contribution in [-0.4, -0.2) is 39.5 Å². The number of aryl methyl sites for hydroxylation is 1. The summed E-state index contributed by atoms with van der Waals surface area (Å²) in [5.41, 5.74) is 9.92. The van der Waals surface area contributed by atoms with Gasteiger partial charge in [0.1, 0.15) is 28.5 Å². The molecule has 1 amide bonds. The van der Waals surface area contributed by atoms with E-state index in [2.05, 4.69) is 34.3 Å². The minimum atomic E-state index is -0.826. The number of amides is 1. The lowest BCUT2D eigenvalue weighted by Gasteiger charge is -2.32. The fraction of sp³-hybridized carbons (Fsp3) is 0.406. The van der Waals surface area contributed by atoms with Crippen molar-refractivity contribution in [3.8, 4) is 5.75 Å². The number of ether oxygens (including phenoxy) is 1. The molecule has 5 rings (SSSR count). The molecule has 1 unspecified atom stereocenters. The van der Waals surface area contributed by atoms with Crippen LogP contribution < -0.4 is 20.7 Å². The number of hydrogen-bond acceptors (Lipinski definition) is 6. The molecule has 0 radical (unpaired) electrons. The summed E-state index contributed by atoms with van der Waals surface area (Å²) in [5.74, 6) is 0.0476. The van der Waals surface area contributed by atoms with Gasteiger partial charge in [0.05, 0.1) is 16.8 Å². The Morgan fingerprint density at radius 1 is 1.21 bits per heavy atom. The summed E-state index contributed by atoms with van der Waals surface area (Å²) in [7, 11) is 0. The molecule has 222 valence electrons. The first-order valence-electron chi connectivity index (χ1n) is 14.4. The number of nitrogens with zero attached hydrogens (tertiary/aromatic N) is 4. The third-order valence-corrected chi connectivity index (χ3v) is 8.23. The van der Waals surface area contributed by atoms with Gasteiger partial charge in [0.25, 0.3) is 5.91 Å². The number of nitrogens with two attached hydrogens (primary N) is 1. The van der Waals surface area contributed by atoms with E-state index in [4.69, 9.17) is 27.1 Å². The summed E-state index contributed by atoms with van der Waals surface area (Å²) in [6, 6.07) is 9.64. The second-order valence-electron chi connectivity index (χ2n) is 11.5. The number of piperidine rings is 1. The molecule has 0 bridgehead atoms. The highest BCUT2D eigenvalue weighted by Gasteiger charge is 2.30. The predicted molar refractivity (Wildman–Crippen MR) is 165 cm³/mol. The number of fused-ring (bicyclic) bond motifs is 1. The Morgan fingerprint density at radius 2 is 1.90 bits per heavy atom. The van der Waals surface area contributed by atoms with Crippen LogP contribution in [-0.2, 0) is 6.54 Å². The SMILES string of the molecule is Cc1nc(C(C)c2cc(Cl)c(F)c(C(=O)NCc3ccc(N4CCC(C)CC4)cc3)c2OC(C)C)n2ccnc(N)c12. The number of carbonyl (C=O) groups is 1. The highest BCUT2D eigenvalue weighted by atomic mass is 35.5. The number of benzene rings is 2. The molecule has 10 heteroatoms. The van der Waals surface area contributed by atoms with Gasteiger partial charge in [-0.25, -0.2) is 14.4 Å². The molecule has 0 saturated carbocycles. The van der Waals surface area contributed by atoms with Crippen molar-refractivity contribution in [2.45, 2.75) is 66.0 Å². The zero-order valence-electron chi connectivity index (χ0n) is 24.7. The summed E-state index contributed by atoms with van der Waals surface area (Å²) in [4.78, 5) is 24.9. The molecule has 2 aromatic carbocycles. The van der Waals surface area contributed by atoms with E-state index >= 15 is 4.39 Å². The second kappa shape index (κ2) is 12.2. The third-order valence-electron chi connectivity index (χ3n) is 7.96. The normalized spacial score (nSPS) is 14.9. The van der Waals surface area contributed by atoms with Crippen molar-refractivity contribution in [3.63, 3.8) is 0 Å². The average Bonchev–Trinajstić information content (AvgIpc) is 3.31. The number of hydrogen-bond donors (Lipinski definition) is 2. The number of carbonyl (C=O) groups excluding carboxylic acids is 1. The van der Waals surface area contributed by atoms with Crippen LogP contribution in [0.2, 0.25) is 5.02 Å². The maximum atomic E-state index is 15.6. The van der Waals surface area contributed by atoms with Crippen molar-refractivity contribution in [2.75, 3.05) is 23.7 Å². The van der Waals surface area contributed by atoms with Crippen LogP contribution in [0.4, 0.5) is 15.9 Å². The monoisotopic (exact) mass is 592 g/mol. The average molecular weight is 593 g/mol. The highest BCUT2D eigenvalue weighted by molar-refractivity contribution is 6.31. The minimum Gasteiger partial charge on any atom is -0.490 e. The largest absolute Gasteiger partial charge is 0.490 e. The van der Waals surface area contributed by atoms with Gasteiger partial charge in [-0.05, 0) is 63.3 Å². The van der Waals surface area contributed by atoms with Gasteiger partial charge in [0.15, 0.2) is 5.82 Å². The van der Waals surface area contributed by atoms with Crippen LogP contribution in [0.15, 0.2) is 42.7 Å². The molecular weight excluding hydrogens is 555 g/mol. The van der Waals surface area contributed by atoms with E-state index in [9.17, 15) is 4.79 Å². The van der Waals surface area contributed by atoms with Crippen molar-refractivity contribution in [3.05, 3.63) is 81.8 Å². The Morgan fingerprint density at radius 3 is 2.57 bits per heavy atom. The standard InChI is InChI=1S/C32H38ClFN6O2/c1-18(2)42-29-24(20(4)31-38-21(5)28-30(35)36-12-15-40(28)31)16-25(33)27(34)26(29)32(41)37-17-22-6-8-23(9-7-22)39-13-10-19(3)11-14-39/h6-9,12,15-16,18-20H,10-11,13-14,17H2,1-5H3,(H2,35,36)(H,37,41). The van der Waals surface area contributed by atoms with Gasteiger partial charge in [-0.2, -0.15) is 0 Å². The molecule has 1 atom stereocenters. The quantitative estimate of drug-likeness (QED) is 0.242. The molecule has 0 spiro atoms. The van der Waals surface area contributed by atoms with E-state index in [-0.39, 0.29) is 29.0 Å². The van der Waals surface area contributed by atoms with Gasteiger partial charge < -0.3 is 20.7 Å². The zero-order valence-corrected chi connectivity index (χ0v) is 25.5. The lowest BCUT2D eigenvalue weighted by molar-refractivity contribution is 0.0940. The molecule has 1 saturated heterocycles. The van der Waals surface area contributed by atoms with Crippen molar-refractivity contribution < 1.29 is 13.9 Å². The van der Waals surface area contributed by atoms with Crippen molar-refractivity contribution in [1.29, 1.82) is 0 Å². The summed E-state index contributed by atoms with van der Waals surface area (Å²) in [6.45, 7) is 12.0. The topological polar surface area (TPSA) is 97.8 Å². The first kappa shape index (κ1) is 29.6. The number of aromatic nitrogens is 3. The molecule has 1 fully saturated rings. The fourth-order valence-corrected chi connectivity index (χ4v) is 5.80. The van der Waals surface area contributed by atoms with Gasteiger partial charge in [-0.1, -0.05) is 37.6 Å². The van der Waals surface area contributed by atoms with Crippen molar-refractivity contribution in [2.24, 2.45) is 5.92 Å². The van der Waals surface area contributed by atoms with Crippen LogP contribution in [0.3, 0.4) is 0 Å². The smallest absolute Gasteiger partial charge is 0.258 e. The Bertz CT molecular complexity index is 1600. The predicted octanol–water partition coefficient (Wildman–Crippen LogP) is 6.52. The lowest BCUT2D eigenvalue weighted by atomic mass is 9.95. The number of anilines is 2. The number of imidazole rings is 1. The third kappa shape index (κ3) is 5.88. The van der Waals surface area contributed by atoms with Crippen LogP contribution in [0.1, 0.15) is 79.5 Å². The van der Waals surface area contributed by atoms with Crippen LogP contribution in [0, 0.1) is 18.7 Å². The Balaban J connectivity index is 1.44. The molecule has 8 nitrogen and oxygen atoms in total. The Labute approximate surface area is 251 Å². The molecule has 3 heterocycles. The first-order valence-corrected chi connectivity index (χ1v) is 14.8. The summed E-state index contributed by atoms with van der Waals surface area (Å²) < 4.78 is 23.6. The lowest BCUT2D eigenvalue weighted by Crippen LogP contribution is -2.32. The fourth-order valence-electron chi connectivity index (χ4n) is 5.59. The van der Waals surface area contributed by atoms with Gasteiger partial charge >= 0.3 is 0 Å². The molecule has 0 aliphatic carbocycles. The first-order chi connectivity index (χ1) is 20.0. The summed E-state index contributed by atoms with van der Waals surface area (Å²) in [6.07, 6.45) is 5.42. The van der Waals surface area contributed by atoms with Crippen LogP contribution in [0.25, 0.3) is 5.52 Å². The van der Waals surface area contributed by atoms with E-state index < -0.39 is 17.6 Å². The molecule has 42 heavy (non-hydrogen) atoms. The maximum absolute atomic E-state index is 15.6. The number of halogens is 2. The Kier molecular flexibility index (Phi) is 8.59. The molecular formula is C32H38ClFN6O2. The van der Waals surface area contributed by atoms with Gasteiger partial charge in [0.2, 0.25) is 0 Å². The Hall–Kier alpha value is -3.85. The number of nitrogen functional groups attached to an aromatic ring is 1. The van der Waals surface area contributed by atoms with E-state index in [0.717, 1.165) is 24.6 Å². The maximum Gasteiger partial charge on any atom is 0.258 e. The van der Waals surface area contributed by atoms with Gasteiger partial charge in [0, 0.05) is 49.2 Å². The van der Waals surface area contributed by atoms with E-state index in [1.165, 1.54) is 24.6 Å². The molecule has 4 aromatic rings. The summed E-state index contributed by atoms with van der Waals surface area (Å²) in [5, 5.41) is 2.70. The van der Waals surface area contributed by atoms with Crippen LogP contribution >= 0.6 is 11.6 Å². The van der Waals surface area contributed by atoms with E-state index in [1.54, 1.807) is 12.4 Å². The molecule has 2 aromatic heterocycles. The van der Waals surface area contributed by atoms with E-state index in [0.29, 0.717) is 28.4 Å². The number of nitrogens with one attached hydrogen (secondary N) is 1. The van der Waals surface area contributed by atoms with Crippen molar-refractivity contribution >= 4 is 34.5 Å². The number of rotatable bonds is 8. The minimum absolute atomic E-state index is 0.142. The highest BCUT2D eigenvalue weighted by Crippen LogP contribution is 2.40. The molecule has 3 N–H and O–H groups in total.